The van der Waals surface area contributed by atoms with Crippen LogP contribution in [-0.4, -0.2) is 12.1 Å². The molecule has 0 saturated carbocycles. The molecule has 2 heteroatoms. The molecule has 0 unspecified atom stereocenters. The zero-order valence-electron chi connectivity index (χ0n) is 12.0. The largest absolute Gasteiger partial charge is 0.458 e. The van der Waals surface area contributed by atoms with E-state index in [0.717, 1.165) is 6.42 Å². The molecule has 2 atom stereocenters. The third-order valence-electron chi connectivity index (χ3n) is 3.54. The van der Waals surface area contributed by atoms with E-state index in [-0.39, 0.29) is 18.0 Å². The van der Waals surface area contributed by atoms with Gasteiger partial charge in [0.05, 0.1) is 5.56 Å². The summed E-state index contributed by atoms with van der Waals surface area (Å²) in [4.78, 5) is 12.1. The highest BCUT2D eigenvalue weighted by Crippen LogP contribution is 2.25. The molecular weight excluding hydrogens is 248 g/mol. The molecule has 0 fully saturated rings. The Hall–Kier alpha value is -2.09. The first-order valence-corrected chi connectivity index (χ1v) is 7.03. The summed E-state index contributed by atoms with van der Waals surface area (Å²) >= 11 is 0. The van der Waals surface area contributed by atoms with Gasteiger partial charge in [-0.25, -0.2) is 4.79 Å². The standard InChI is InChI=1S/C18H20O2/c1-3-17(15-10-6-4-7-11-15)14(2)20-18(19)16-12-8-5-9-13-16/h4-14,17H,3H2,1-2H3/t14-,17+/m0/s1. The Morgan fingerprint density at radius 2 is 1.55 bits per heavy atom. The number of rotatable bonds is 5. The van der Waals surface area contributed by atoms with Crippen molar-refractivity contribution in [3.05, 3.63) is 71.8 Å². The lowest BCUT2D eigenvalue weighted by Gasteiger charge is -2.23. The number of hydrogen-bond acceptors (Lipinski definition) is 2. The third-order valence-corrected chi connectivity index (χ3v) is 3.54. The van der Waals surface area contributed by atoms with E-state index in [9.17, 15) is 4.79 Å². The molecule has 0 spiro atoms. The Morgan fingerprint density at radius 1 is 1.00 bits per heavy atom. The molecule has 0 aliphatic carbocycles. The zero-order chi connectivity index (χ0) is 14.4. The normalized spacial score (nSPS) is 13.5. The van der Waals surface area contributed by atoms with Gasteiger partial charge in [-0.15, -0.1) is 0 Å². The summed E-state index contributed by atoms with van der Waals surface area (Å²) in [7, 11) is 0. The van der Waals surface area contributed by atoms with Crippen molar-refractivity contribution < 1.29 is 9.53 Å². The smallest absolute Gasteiger partial charge is 0.338 e. The molecule has 0 aromatic heterocycles. The molecule has 0 amide bonds. The summed E-state index contributed by atoms with van der Waals surface area (Å²) in [5.41, 5.74) is 1.81. The molecule has 20 heavy (non-hydrogen) atoms. The maximum Gasteiger partial charge on any atom is 0.338 e. The monoisotopic (exact) mass is 268 g/mol. The SMILES string of the molecule is CC[C@@H](c1ccccc1)[C@H](C)OC(=O)c1ccccc1. The van der Waals surface area contributed by atoms with Crippen LogP contribution in [-0.2, 0) is 4.74 Å². The van der Waals surface area contributed by atoms with Gasteiger partial charge in [-0.05, 0) is 31.0 Å². The van der Waals surface area contributed by atoms with Gasteiger partial charge >= 0.3 is 5.97 Å². The van der Waals surface area contributed by atoms with Gasteiger partial charge in [0.15, 0.2) is 0 Å². The highest BCUT2D eigenvalue weighted by molar-refractivity contribution is 5.89. The lowest BCUT2D eigenvalue weighted by molar-refractivity contribution is 0.0277. The minimum absolute atomic E-state index is 0.143. The van der Waals surface area contributed by atoms with E-state index in [1.165, 1.54) is 5.56 Å². The fourth-order valence-corrected chi connectivity index (χ4v) is 2.43. The first kappa shape index (κ1) is 14.3. The summed E-state index contributed by atoms with van der Waals surface area (Å²) in [5, 5.41) is 0. The van der Waals surface area contributed by atoms with Crippen molar-refractivity contribution in [1.29, 1.82) is 0 Å². The Labute approximate surface area is 120 Å². The van der Waals surface area contributed by atoms with Crippen LogP contribution in [0.3, 0.4) is 0 Å². The van der Waals surface area contributed by atoms with Crippen LogP contribution in [0.25, 0.3) is 0 Å². The van der Waals surface area contributed by atoms with Crippen molar-refractivity contribution in [2.75, 3.05) is 0 Å². The maximum absolute atomic E-state index is 12.1. The van der Waals surface area contributed by atoms with Gasteiger partial charge in [0.25, 0.3) is 0 Å². The summed E-state index contributed by atoms with van der Waals surface area (Å²) in [6, 6.07) is 19.3. The number of ether oxygens (including phenoxy) is 1. The molecule has 0 aliphatic rings. The molecule has 104 valence electrons. The van der Waals surface area contributed by atoms with Crippen molar-refractivity contribution in [1.82, 2.24) is 0 Å². The average molecular weight is 268 g/mol. The molecule has 0 radical (unpaired) electrons. The second kappa shape index (κ2) is 6.90. The van der Waals surface area contributed by atoms with Gasteiger partial charge in [0, 0.05) is 5.92 Å². The Balaban J connectivity index is 2.07. The fourth-order valence-electron chi connectivity index (χ4n) is 2.43. The zero-order valence-corrected chi connectivity index (χ0v) is 12.0. The van der Waals surface area contributed by atoms with Crippen molar-refractivity contribution in [3.8, 4) is 0 Å². The van der Waals surface area contributed by atoms with Gasteiger partial charge in [-0.2, -0.15) is 0 Å². The molecule has 0 saturated heterocycles. The van der Waals surface area contributed by atoms with Gasteiger partial charge in [-0.3, -0.25) is 0 Å². The molecule has 0 heterocycles. The number of hydrogen-bond donors (Lipinski definition) is 0. The van der Waals surface area contributed by atoms with Gasteiger partial charge < -0.3 is 4.74 Å². The minimum atomic E-state index is -0.257. The van der Waals surface area contributed by atoms with E-state index in [2.05, 4.69) is 19.1 Å². The Morgan fingerprint density at radius 3 is 2.10 bits per heavy atom. The summed E-state index contributed by atoms with van der Waals surface area (Å²) < 4.78 is 5.60. The summed E-state index contributed by atoms with van der Waals surface area (Å²) in [5.74, 6) is -0.0312. The average Bonchev–Trinajstić information content (AvgIpc) is 2.50. The van der Waals surface area contributed by atoms with E-state index < -0.39 is 0 Å². The molecule has 0 bridgehead atoms. The second-order valence-electron chi connectivity index (χ2n) is 4.90. The number of benzene rings is 2. The molecule has 0 N–H and O–H groups in total. The van der Waals surface area contributed by atoms with Crippen LogP contribution in [0, 0.1) is 0 Å². The van der Waals surface area contributed by atoms with E-state index in [0.29, 0.717) is 5.56 Å². The lowest BCUT2D eigenvalue weighted by atomic mass is 9.92. The van der Waals surface area contributed by atoms with E-state index >= 15 is 0 Å². The van der Waals surface area contributed by atoms with Crippen LogP contribution >= 0.6 is 0 Å². The summed E-state index contributed by atoms with van der Waals surface area (Å²) in [6.07, 6.45) is 0.794. The van der Waals surface area contributed by atoms with Crippen molar-refractivity contribution in [2.24, 2.45) is 0 Å². The third kappa shape index (κ3) is 3.47. The quantitative estimate of drug-likeness (QED) is 0.750. The van der Waals surface area contributed by atoms with Gasteiger partial charge in [0.1, 0.15) is 6.10 Å². The molecule has 2 rings (SSSR count). The van der Waals surface area contributed by atoms with E-state index in [4.69, 9.17) is 4.74 Å². The first-order valence-electron chi connectivity index (χ1n) is 7.03. The van der Waals surface area contributed by atoms with Crippen LogP contribution < -0.4 is 0 Å². The maximum atomic E-state index is 12.1. The molecule has 0 aliphatic heterocycles. The van der Waals surface area contributed by atoms with Crippen molar-refractivity contribution in [3.63, 3.8) is 0 Å². The van der Waals surface area contributed by atoms with Crippen LogP contribution in [0.4, 0.5) is 0 Å². The van der Waals surface area contributed by atoms with E-state index in [1.807, 2.05) is 43.3 Å². The molecule has 2 aromatic carbocycles. The minimum Gasteiger partial charge on any atom is -0.458 e. The van der Waals surface area contributed by atoms with Crippen molar-refractivity contribution >= 4 is 5.97 Å². The van der Waals surface area contributed by atoms with Crippen LogP contribution in [0.1, 0.15) is 42.1 Å². The lowest BCUT2D eigenvalue weighted by Crippen LogP contribution is -2.22. The highest BCUT2D eigenvalue weighted by atomic mass is 16.5. The molecule has 2 aromatic rings. The topological polar surface area (TPSA) is 26.3 Å². The second-order valence-corrected chi connectivity index (χ2v) is 4.90. The highest BCUT2D eigenvalue weighted by Gasteiger charge is 2.21. The van der Waals surface area contributed by atoms with Crippen LogP contribution in [0.2, 0.25) is 0 Å². The Bertz CT molecular complexity index is 534. The fraction of sp³-hybridized carbons (Fsp3) is 0.278. The molecule has 2 nitrogen and oxygen atoms in total. The first-order chi connectivity index (χ1) is 9.72. The van der Waals surface area contributed by atoms with Crippen LogP contribution in [0.15, 0.2) is 60.7 Å². The predicted octanol–water partition coefficient (Wildman–Crippen LogP) is 4.43. The Kier molecular flexibility index (Phi) is 4.94. The number of carbonyl (C=O) groups excluding carboxylic acids is 1. The number of carbonyl (C=O) groups is 1. The number of esters is 1. The van der Waals surface area contributed by atoms with Crippen molar-refractivity contribution in [2.45, 2.75) is 32.3 Å². The van der Waals surface area contributed by atoms with Gasteiger partial charge in [-0.1, -0.05) is 55.5 Å². The summed E-state index contributed by atoms with van der Waals surface area (Å²) in [6.45, 7) is 4.08. The predicted molar refractivity (Wildman–Crippen MR) is 80.8 cm³/mol. The van der Waals surface area contributed by atoms with Gasteiger partial charge in [0.2, 0.25) is 0 Å². The van der Waals surface area contributed by atoms with Crippen LogP contribution in [0.5, 0.6) is 0 Å². The molecular formula is C18H20O2. The van der Waals surface area contributed by atoms with E-state index in [1.54, 1.807) is 12.1 Å².